The molecular weight excluding hydrogens is 397 g/mol. The summed E-state index contributed by atoms with van der Waals surface area (Å²) in [6.07, 6.45) is -0.324. The molecule has 2 N–H and O–H groups in total. The number of urea groups is 1. The van der Waals surface area contributed by atoms with Crippen LogP contribution in [0.25, 0.3) is 0 Å². The second-order valence-corrected chi connectivity index (χ2v) is 8.57. The largest absolute Gasteiger partial charge is 0.370 e. The first-order chi connectivity index (χ1) is 13.8. The lowest BCUT2D eigenvalue weighted by atomic mass is 10.1. The van der Waals surface area contributed by atoms with E-state index in [0.717, 1.165) is 11.1 Å². The van der Waals surface area contributed by atoms with Crippen molar-refractivity contribution in [1.29, 1.82) is 0 Å². The number of morpholine rings is 1. The first kappa shape index (κ1) is 21.2. The second-order valence-electron chi connectivity index (χ2n) is 6.80. The van der Waals surface area contributed by atoms with Crippen molar-refractivity contribution in [3.8, 4) is 0 Å². The summed E-state index contributed by atoms with van der Waals surface area (Å²) in [7, 11) is -3.61. The first-order valence-electron chi connectivity index (χ1n) is 9.31. The van der Waals surface area contributed by atoms with Crippen LogP contribution in [0.2, 0.25) is 0 Å². The van der Waals surface area contributed by atoms with Crippen molar-refractivity contribution < 1.29 is 22.3 Å². The SMILES string of the molecule is Cc1ccc(S(=O)(=O)NCCNC(=O)N2CCOC(c3ccc(F)cc3)C2)cc1. The molecule has 1 aliphatic heterocycles. The molecule has 1 fully saturated rings. The molecule has 0 saturated carbocycles. The third-order valence-electron chi connectivity index (χ3n) is 4.62. The Labute approximate surface area is 169 Å². The number of carbonyl (C=O) groups is 1. The van der Waals surface area contributed by atoms with Crippen molar-refractivity contribution in [2.45, 2.75) is 17.9 Å². The maximum absolute atomic E-state index is 13.1. The Morgan fingerprint density at radius 3 is 2.52 bits per heavy atom. The average Bonchev–Trinajstić information content (AvgIpc) is 2.72. The fourth-order valence-corrected chi connectivity index (χ4v) is 4.01. The first-order valence-corrected chi connectivity index (χ1v) is 10.8. The summed E-state index contributed by atoms with van der Waals surface area (Å²) in [4.78, 5) is 14.2. The number of nitrogens with zero attached hydrogens (tertiary/aromatic N) is 1. The Kier molecular flexibility index (Phi) is 6.83. The smallest absolute Gasteiger partial charge is 0.317 e. The molecule has 0 bridgehead atoms. The van der Waals surface area contributed by atoms with E-state index in [9.17, 15) is 17.6 Å². The zero-order valence-electron chi connectivity index (χ0n) is 16.1. The summed E-state index contributed by atoms with van der Waals surface area (Å²) >= 11 is 0. The molecule has 0 aromatic heterocycles. The van der Waals surface area contributed by atoms with Gasteiger partial charge in [0.15, 0.2) is 0 Å². The van der Waals surface area contributed by atoms with Crippen LogP contribution in [0.3, 0.4) is 0 Å². The Balaban J connectivity index is 1.46. The van der Waals surface area contributed by atoms with E-state index < -0.39 is 10.0 Å². The van der Waals surface area contributed by atoms with Crippen LogP contribution in [0.15, 0.2) is 53.4 Å². The molecule has 0 aliphatic carbocycles. The summed E-state index contributed by atoms with van der Waals surface area (Å²) in [6.45, 7) is 3.25. The monoisotopic (exact) mass is 421 g/mol. The number of hydrogen-bond donors (Lipinski definition) is 2. The van der Waals surface area contributed by atoms with Crippen molar-refractivity contribution in [1.82, 2.24) is 14.9 Å². The summed E-state index contributed by atoms with van der Waals surface area (Å²) < 4.78 is 45.7. The van der Waals surface area contributed by atoms with Gasteiger partial charge < -0.3 is 15.0 Å². The normalized spacial score (nSPS) is 17.2. The van der Waals surface area contributed by atoms with Crippen LogP contribution >= 0.6 is 0 Å². The van der Waals surface area contributed by atoms with Crippen molar-refractivity contribution in [3.05, 3.63) is 65.5 Å². The zero-order valence-corrected chi connectivity index (χ0v) is 16.9. The summed E-state index contributed by atoms with van der Waals surface area (Å²) in [5.74, 6) is -0.327. The van der Waals surface area contributed by atoms with E-state index in [1.54, 1.807) is 41.3 Å². The molecule has 1 atom stereocenters. The van der Waals surface area contributed by atoms with Gasteiger partial charge in [0, 0.05) is 19.6 Å². The van der Waals surface area contributed by atoms with Gasteiger partial charge in [0.1, 0.15) is 11.9 Å². The van der Waals surface area contributed by atoms with E-state index in [4.69, 9.17) is 4.74 Å². The number of carbonyl (C=O) groups excluding carboxylic acids is 1. The van der Waals surface area contributed by atoms with E-state index in [2.05, 4.69) is 10.0 Å². The number of nitrogens with one attached hydrogen (secondary N) is 2. The van der Waals surface area contributed by atoms with E-state index in [1.807, 2.05) is 6.92 Å². The number of halogens is 1. The van der Waals surface area contributed by atoms with Gasteiger partial charge in [-0.05, 0) is 36.8 Å². The minimum Gasteiger partial charge on any atom is -0.370 e. The molecule has 2 amide bonds. The predicted molar refractivity (Wildman–Crippen MR) is 106 cm³/mol. The zero-order chi connectivity index (χ0) is 20.9. The minimum absolute atomic E-state index is 0.0771. The van der Waals surface area contributed by atoms with E-state index >= 15 is 0 Å². The van der Waals surface area contributed by atoms with Crippen molar-refractivity contribution in [3.63, 3.8) is 0 Å². The molecule has 1 saturated heterocycles. The number of aryl methyl sites for hydroxylation is 1. The second kappa shape index (κ2) is 9.34. The van der Waals surface area contributed by atoms with Crippen LogP contribution in [0, 0.1) is 12.7 Å². The number of ether oxygens (including phenoxy) is 1. The maximum atomic E-state index is 13.1. The molecule has 1 heterocycles. The Bertz CT molecular complexity index is 933. The van der Waals surface area contributed by atoms with Gasteiger partial charge >= 0.3 is 6.03 Å². The van der Waals surface area contributed by atoms with Gasteiger partial charge in [0.25, 0.3) is 0 Å². The standard InChI is InChI=1S/C20H24FN3O4S/c1-15-2-8-18(9-3-15)29(26,27)23-11-10-22-20(25)24-12-13-28-19(14-24)16-4-6-17(21)7-5-16/h2-9,19,23H,10-14H2,1H3,(H,22,25). The molecule has 156 valence electrons. The fourth-order valence-electron chi connectivity index (χ4n) is 2.98. The van der Waals surface area contributed by atoms with Gasteiger partial charge in [-0.3, -0.25) is 0 Å². The van der Waals surface area contributed by atoms with Crippen molar-refractivity contribution in [2.75, 3.05) is 32.8 Å². The summed E-state index contributed by atoms with van der Waals surface area (Å²) in [5.41, 5.74) is 1.77. The molecule has 1 aliphatic rings. The van der Waals surface area contributed by atoms with Gasteiger partial charge in [0.2, 0.25) is 10.0 Å². The number of sulfonamides is 1. The lowest BCUT2D eigenvalue weighted by Gasteiger charge is -2.33. The number of rotatable bonds is 6. The van der Waals surface area contributed by atoms with Crippen molar-refractivity contribution >= 4 is 16.1 Å². The van der Waals surface area contributed by atoms with E-state index in [-0.39, 0.29) is 35.9 Å². The Morgan fingerprint density at radius 1 is 1.14 bits per heavy atom. The molecule has 1 unspecified atom stereocenters. The van der Waals surface area contributed by atoms with Crippen LogP contribution in [0.4, 0.5) is 9.18 Å². The molecule has 3 rings (SSSR count). The Hall–Kier alpha value is -2.49. The molecule has 9 heteroatoms. The van der Waals surface area contributed by atoms with E-state index in [0.29, 0.717) is 19.7 Å². The number of amides is 2. The van der Waals surface area contributed by atoms with Crippen LogP contribution in [-0.2, 0) is 14.8 Å². The molecule has 0 spiro atoms. The van der Waals surface area contributed by atoms with Gasteiger partial charge in [-0.15, -0.1) is 0 Å². The predicted octanol–water partition coefficient (Wildman–Crippen LogP) is 2.20. The highest BCUT2D eigenvalue weighted by Gasteiger charge is 2.25. The molecule has 2 aromatic rings. The average molecular weight is 421 g/mol. The van der Waals surface area contributed by atoms with Crippen molar-refractivity contribution in [2.24, 2.45) is 0 Å². The topological polar surface area (TPSA) is 87.7 Å². The van der Waals surface area contributed by atoms with Crippen LogP contribution in [0.5, 0.6) is 0 Å². The highest BCUT2D eigenvalue weighted by molar-refractivity contribution is 7.89. The summed E-state index contributed by atoms with van der Waals surface area (Å²) in [6, 6.07) is 12.2. The van der Waals surface area contributed by atoms with Gasteiger partial charge in [-0.25, -0.2) is 22.3 Å². The third kappa shape index (κ3) is 5.75. The molecule has 29 heavy (non-hydrogen) atoms. The molecular formula is C20H24FN3O4S. The van der Waals surface area contributed by atoms with Gasteiger partial charge in [-0.2, -0.15) is 0 Å². The van der Waals surface area contributed by atoms with Gasteiger partial charge in [0.05, 0.1) is 18.0 Å². The maximum Gasteiger partial charge on any atom is 0.317 e. The minimum atomic E-state index is -3.61. The number of benzene rings is 2. The lowest BCUT2D eigenvalue weighted by Crippen LogP contribution is -2.48. The quantitative estimate of drug-likeness (QED) is 0.700. The molecule has 7 nitrogen and oxygen atoms in total. The van der Waals surface area contributed by atoms with E-state index in [1.165, 1.54) is 12.1 Å². The van der Waals surface area contributed by atoms with Crippen LogP contribution in [-0.4, -0.2) is 52.1 Å². The fraction of sp³-hybridized carbons (Fsp3) is 0.350. The molecule has 0 radical (unpaired) electrons. The third-order valence-corrected chi connectivity index (χ3v) is 6.10. The van der Waals surface area contributed by atoms with Crippen LogP contribution in [0.1, 0.15) is 17.2 Å². The Morgan fingerprint density at radius 2 is 1.83 bits per heavy atom. The van der Waals surface area contributed by atoms with Crippen LogP contribution < -0.4 is 10.0 Å². The summed E-state index contributed by atoms with van der Waals surface area (Å²) in [5, 5.41) is 2.71. The lowest BCUT2D eigenvalue weighted by molar-refractivity contribution is -0.0154. The highest BCUT2D eigenvalue weighted by Crippen LogP contribution is 2.22. The number of hydrogen-bond acceptors (Lipinski definition) is 4. The molecule has 2 aromatic carbocycles. The van der Waals surface area contributed by atoms with Gasteiger partial charge in [-0.1, -0.05) is 29.8 Å². The highest BCUT2D eigenvalue weighted by atomic mass is 32.2.